The number of oxime groups is 1. The van der Waals surface area contributed by atoms with E-state index >= 15 is 0 Å². The highest BCUT2D eigenvalue weighted by Gasteiger charge is 2.11. The average molecular weight is 286 g/mol. The summed E-state index contributed by atoms with van der Waals surface area (Å²) in [6.45, 7) is 0. The highest BCUT2D eigenvalue weighted by atomic mass is 16.6. The molecule has 0 heterocycles. The van der Waals surface area contributed by atoms with Crippen molar-refractivity contribution >= 4 is 22.1 Å². The van der Waals surface area contributed by atoms with E-state index in [4.69, 9.17) is 4.84 Å². The van der Waals surface area contributed by atoms with Crippen molar-refractivity contribution in [2.24, 2.45) is 5.16 Å². The molecule has 2 aromatic rings. The second-order valence-corrected chi connectivity index (χ2v) is 4.83. The molecule has 22 heavy (non-hydrogen) atoms. The summed E-state index contributed by atoms with van der Waals surface area (Å²) in [6.07, 6.45) is 7.44. The van der Waals surface area contributed by atoms with Crippen LogP contribution in [0.25, 0.3) is 16.3 Å². The van der Waals surface area contributed by atoms with Crippen molar-refractivity contribution < 1.29 is 4.84 Å². The van der Waals surface area contributed by atoms with Crippen molar-refractivity contribution in [3.05, 3.63) is 77.9 Å². The number of hydrogen-bond acceptors (Lipinski definition) is 3. The van der Waals surface area contributed by atoms with Crippen molar-refractivity contribution in [1.29, 1.82) is 5.26 Å². The Hall–Kier alpha value is -3.12. The van der Waals surface area contributed by atoms with E-state index in [2.05, 4.69) is 11.2 Å². The van der Waals surface area contributed by atoms with Gasteiger partial charge in [-0.1, -0.05) is 59.8 Å². The first kappa shape index (κ1) is 13.8. The summed E-state index contributed by atoms with van der Waals surface area (Å²) < 4.78 is 0. The Morgan fingerprint density at radius 2 is 1.73 bits per heavy atom. The fraction of sp³-hybridized carbons (Fsp3) is 0.0526. The molecule has 0 fully saturated rings. The maximum atomic E-state index is 9.63. The van der Waals surface area contributed by atoms with Gasteiger partial charge in [-0.15, -0.1) is 0 Å². The fourth-order valence-electron chi connectivity index (χ4n) is 2.52. The summed E-state index contributed by atoms with van der Waals surface area (Å²) in [4.78, 5) is 4.75. The van der Waals surface area contributed by atoms with Gasteiger partial charge < -0.3 is 4.84 Å². The number of rotatable bonds is 2. The number of allylic oxidation sites excluding steroid dienone is 6. The van der Waals surface area contributed by atoms with Gasteiger partial charge in [0.1, 0.15) is 18.9 Å². The van der Waals surface area contributed by atoms with Crippen LogP contribution < -0.4 is 0 Å². The van der Waals surface area contributed by atoms with Gasteiger partial charge in [0, 0.05) is 5.56 Å². The number of benzene rings is 2. The lowest BCUT2D eigenvalue weighted by Crippen LogP contribution is -1.96. The van der Waals surface area contributed by atoms with Crippen molar-refractivity contribution in [2.75, 3.05) is 7.11 Å². The van der Waals surface area contributed by atoms with Gasteiger partial charge in [0.25, 0.3) is 0 Å². The molecule has 106 valence electrons. The molecule has 0 saturated carbocycles. The van der Waals surface area contributed by atoms with Crippen LogP contribution >= 0.6 is 0 Å². The second-order valence-electron chi connectivity index (χ2n) is 4.83. The van der Waals surface area contributed by atoms with Crippen LogP contribution in [0.1, 0.15) is 5.56 Å². The molecule has 2 aromatic carbocycles. The average Bonchev–Trinajstić information content (AvgIpc) is 2.57. The van der Waals surface area contributed by atoms with Crippen LogP contribution in [0.2, 0.25) is 0 Å². The fourth-order valence-corrected chi connectivity index (χ4v) is 2.52. The Balaban J connectivity index is 2.15. The van der Waals surface area contributed by atoms with E-state index in [1.165, 1.54) is 7.11 Å². The summed E-state index contributed by atoms with van der Waals surface area (Å²) >= 11 is 0. The lowest BCUT2D eigenvalue weighted by atomic mass is 9.93. The van der Waals surface area contributed by atoms with Crippen LogP contribution in [-0.2, 0) is 4.84 Å². The summed E-state index contributed by atoms with van der Waals surface area (Å²) in [5.41, 5.74) is 3.19. The topological polar surface area (TPSA) is 45.4 Å². The third-order valence-electron chi connectivity index (χ3n) is 3.52. The van der Waals surface area contributed by atoms with Crippen molar-refractivity contribution in [2.45, 2.75) is 0 Å². The largest absolute Gasteiger partial charge is 0.399 e. The lowest BCUT2D eigenvalue weighted by Gasteiger charge is -2.09. The number of fused-ring (bicyclic) bond motifs is 1. The molecule has 0 amide bonds. The van der Waals surface area contributed by atoms with Crippen molar-refractivity contribution in [3.63, 3.8) is 0 Å². The summed E-state index contributed by atoms with van der Waals surface area (Å²) in [5.74, 6) is 0. The SMILES string of the molecule is CON=C1C=CC(=C(C#N)c2cccc3ccccc23)C=C1. The molecule has 0 aliphatic heterocycles. The zero-order valence-corrected chi connectivity index (χ0v) is 12.2. The first-order valence-electron chi connectivity index (χ1n) is 6.93. The maximum absolute atomic E-state index is 9.63. The molecule has 3 nitrogen and oxygen atoms in total. The summed E-state index contributed by atoms with van der Waals surface area (Å²) in [6, 6.07) is 16.4. The van der Waals surface area contributed by atoms with Crippen LogP contribution in [0.3, 0.4) is 0 Å². The van der Waals surface area contributed by atoms with Gasteiger partial charge in [0.05, 0.1) is 5.57 Å². The predicted molar refractivity (Wildman–Crippen MR) is 89.2 cm³/mol. The predicted octanol–water partition coefficient (Wildman–Crippen LogP) is 4.25. The van der Waals surface area contributed by atoms with Gasteiger partial charge >= 0.3 is 0 Å². The van der Waals surface area contributed by atoms with E-state index in [0.29, 0.717) is 5.57 Å². The van der Waals surface area contributed by atoms with E-state index in [-0.39, 0.29) is 0 Å². The zero-order valence-electron chi connectivity index (χ0n) is 12.2. The van der Waals surface area contributed by atoms with Gasteiger partial charge in [-0.05, 0) is 28.5 Å². The minimum atomic E-state index is 0.653. The summed E-state index contributed by atoms with van der Waals surface area (Å²) in [5, 5.41) is 15.7. The molecular weight excluding hydrogens is 272 g/mol. The Morgan fingerprint density at radius 3 is 2.45 bits per heavy atom. The zero-order chi connectivity index (χ0) is 15.4. The monoisotopic (exact) mass is 286 g/mol. The Bertz CT molecular complexity index is 856. The molecule has 1 aliphatic rings. The minimum absolute atomic E-state index is 0.653. The van der Waals surface area contributed by atoms with E-state index in [1.54, 1.807) is 0 Å². The Labute approximate surface area is 129 Å². The van der Waals surface area contributed by atoms with Gasteiger partial charge in [-0.2, -0.15) is 5.26 Å². The quantitative estimate of drug-likeness (QED) is 0.612. The highest BCUT2D eigenvalue weighted by molar-refractivity contribution is 6.07. The normalized spacial score (nSPS) is 13.1. The van der Waals surface area contributed by atoms with Gasteiger partial charge in [0.15, 0.2) is 0 Å². The molecule has 0 spiro atoms. The van der Waals surface area contributed by atoms with Crippen molar-refractivity contribution in [1.82, 2.24) is 0 Å². The minimum Gasteiger partial charge on any atom is -0.399 e. The van der Waals surface area contributed by atoms with Crippen LogP contribution in [0.4, 0.5) is 0 Å². The molecule has 0 bridgehead atoms. The van der Waals surface area contributed by atoms with Crippen LogP contribution in [-0.4, -0.2) is 12.8 Å². The lowest BCUT2D eigenvalue weighted by molar-refractivity contribution is 0.214. The number of nitriles is 1. The first-order chi connectivity index (χ1) is 10.8. The van der Waals surface area contributed by atoms with E-state index in [0.717, 1.165) is 27.6 Å². The molecule has 0 aromatic heterocycles. The third kappa shape index (κ3) is 2.55. The maximum Gasteiger partial charge on any atom is 0.106 e. The van der Waals surface area contributed by atoms with Crippen LogP contribution in [0.15, 0.2) is 77.5 Å². The molecule has 0 atom stereocenters. The molecular formula is C19H14N2O. The number of nitrogens with zero attached hydrogens (tertiary/aromatic N) is 2. The van der Waals surface area contributed by atoms with Gasteiger partial charge in [-0.3, -0.25) is 0 Å². The van der Waals surface area contributed by atoms with Crippen LogP contribution in [0.5, 0.6) is 0 Å². The van der Waals surface area contributed by atoms with Gasteiger partial charge in [0.2, 0.25) is 0 Å². The second kappa shape index (κ2) is 6.11. The molecule has 0 radical (unpaired) electrons. The Morgan fingerprint density at radius 1 is 1.00 bits per heavy atom. The molecule has 3 heteroatoms. The third-order valence-corrected chi connectivity index (χ3v) is 3.52. The summed E-state index contributed by atoms with van der Waals surface area (Å²) in [7, 11) is 1.51. The van der Waals surface area contributed by atoms with Crippen molar-refractivity contribution in [3.8, 4) is 6.07 Å². The molecule has 0 saturated heterocycles. The Kier molecular flexibility index (Phi) is 3.84. The van der Waals surface area contributed by atoms with E-state index in [1.807, 2.05) is 66.8 Å². The molecule has 1 aliphatic carbocycles. The van der Waals surface area contributed by atoms with E-state index in [9.17, 15) is 5.26 Å². The smallest absolute Gasteiger partial charge is 0.106 e. The highest BCUT2D eigenvalue weighted by Crippen LogP contribution is 2.28. The molecule has 0 unspecified atom stereocenters. The van der Waals surface area contributed by atoms with E-state index < -0.39 is 0 Å². The van der Waals surface area contributed by atoms with Gasteiger partial charge in [-0.25, -0.2) is 0 Å². The number of hydrogen-bond donors (Lipinski definition) is 0. The molecule has 0 N–H and O–H groups in total. The molecule has 3 rings (SSSR count). The first-order valence-corrected chi connectivity index (χ1v) is 6.93. The standard InChI is InChI=1S/C19H14N2O/c1-22-21-16-11-9-15(10-12-16)19(13-20)18-8-4-6-14-5-2-3-7-17(14)18/h2-12H,1H3. The van der Waals surface area contributed by atoms with Crippen LogP contribution in [0, 0.1) is 11.3 Å².